The average molecular weight is 303 g/mol. The molecule has 0 heterocycles. The number of carbonyl (C=O) groups is 1. The van der Waals surface area contributed by atoms with E-state index in [1.807, 2.05) is 25.1 Å². The van der Waals surface area contributed by atoms with Crippen molar-refractivity contribution in [3.63, 3.8) is 0 Å². The summed E-state index contributed by atoms with van der Waals surface area (Å²) in [5, 5.41) is 3.00. The highest BCUT2D eigenvalue weighted by molar-refractivity contribution is 9.10. The van der Waals surface area contributed by atoms with Crippen LogP contribution in [0.3, 0.4) is 0 Å². The molecule has 0 spiro atoms. The van der Waals surface area contributed by atoms with Gasteiger partial charge in [0.15, 0.2) is 0 Å². The van der Waals surface area contributed by atoms with Crippen LogP contribution in [0.4, 0.5) is 0 Å². The number of hydrogen-bond donors (Lipinski definition) is 1. The fourth-order valence-electron chi connectivity index (χ4n) is 1.62. The van der Waals surface area contributed by atoms with E-state index in [9.17, 15) is 4.79 Å². The van der Waals surface area contributed by atoms with Crippen LogP contribution in [-0.4, -0.2) is 17.3 Å². The van der Waals surface area contributed by atoms with Crippen LogP contribution in [0.15, 0.2) is 22.7 Å². The summed E-state index contributed by atoms with van der Waals surface area (Å²) in [6.07, 6.45) is 1.96. The van der Waals surface area contributed by atoms with E-state index < -0.39 is 0 Å². The molecule has 0 bridgehead atoms. The Labute approximate surface area is 108 Å². The minimum atomic E-state index is -0.144. The van der Waals surface area contributed by atoms with Gasteiger partial charge >= 0.3 is 0 Å². The van der Waals surface area contributed by atoms with Crippen molar-refractivity contribution in [3.8, 4) is 0 Å². The smallest absolute Gasteiger partial charge is 0.251 e. The molecule has 0 aromatic heterocycles. The van der Waals surface area contributed by atoms with Crippen LogP contribution >= 0.6 is 27.5 Å². The number of alkyl halides is 1. The number of carbonyl (C=O) groups excluding carboxylic acids is 1. The van der Waals surface area contributed by atoms with Crippen molar-refractivity contribution in [2.24, 2.45) is 0 Å². The Hall–Kier alpha value is -0.540. The zero-order valence-corrected chi connectivity index (χ0v) is 11.4. The molecule has 86 valence electrons. The van der Waals surface area contributed by atoms with Gasteiger partial charge in [0, 0.05) is 15.9 Å². The summed E-state index contributed by atoms with van der Waals surface area (Å²) in [6.45, 7) is 1.97. The third-order valence-corrected chi connectivity index (χ3v) is 3.76. The van der Waals surface area contributed by atoms with Crippen LogP contribution in [0.5, 0.6) is 0 Å². The summed E-state index contributed by atoms with van der Waals surface area (Å²) in [5.74, 6) is 0.452. The van der Waals surface area contributed by atoms with Crippen LogP contribution in [0.25, 0.3) is 0 Å². The first-order valence-electron chi connectivity index (χ1n) is 5.20. The molecule has 4 heteroatoms. The molecule has 1 aromatic rings. The molecule has 1 aliphatic carbocycles. The lowest BCUT2D eigenvalue weighted by Crippen LogP contribution is -2.38. The SMILES string of the molecule is Cc1cc(Br)cc(C(=O)NC2(CCl)CC2)c1. The van der Waals surface area contributed by atoms with E-state index in [1.54, 1.807) is 0 Å². The van der Waals surface area contributed by atoms with Crippen LogP contribution in [-0.2, 0) is 0 Å². The van der Waals surface area contributed by atoms with Crippen LogP contribution in [0.2, 0.25) is 0 Å². The molecule has 0 aliphatic heterocycles. The molecular formula is C12H13BrClNO. The molecule has 0 radical (unpaired) electrons. The van der Waals surface area contributed by atoms with Gasteiger partial charge in [0.05, 0.1) is 5.54 Å². The first-order chi connectivity index (χ1) is 7.54. The maximum atomic E-state index is 12.0. The molecule has 0 saturated heterocycles. The second-order valence-corrected chi connectivity index (χ2v) is 5.57. The summed E-state index contributed by atoms with van der Waals surface area (Å²) in [7, 11) is 0. The summed E-state index contributed by atoms with van der Waals surface area (Å²) >= 11 is 9.21. The van der Waals surface area contributed by atoms with E-state index >= 15 is 0 Å². The Morgan fingerprint density at radius 3 is 2.69 bits per heavy atom. The van der Waals surface area contributed by atoms with Gasteiger partial charge in [0.25, 0.3) is 5.91 Å². The van der Waals surface area contributed by atoms with E-state index in [0.717, 1.165) is 22.9 Å². The zero-order valence-electron chi connectivity index (χ0n) is 9.02. The fraction of sp³-hybridized carbons (Fsp3) is 0.417. The van der Waals surface area contributed by atoms with Gasteiger partial charge in [-0.05, 0) is 43.5 Å². The third kappa shape index (κ3) is 2.58. The number of amides is 1. The van der Waals surface area contributed by atoms with E-state index in [1.165, 1.54) is 0 Å². The minimum Gasteiger partial charge on any atom is -0.345 e. The largest absolute Gasteiger partial charge is 0.345 e. The van der Waals surface area contributed by atoms with Crippen LogP contribution in [0.1, 0.15) is 28.8 Å². The van der Waals surface area contributed by atoms with Crippen LogP contribution < -0.4 is 5.32 Å². The first kappa shape index (κ1) is 11.9. The zero-order chi connectivity index (χ0) is 11.8. The number of nitrogens with one attached hydrogen (secondary N) is 1. The monoisotopic (exact) mass is 301 g/mol. The number of halogens is 2. The highest BCUT2D eigenvalue weighted by Gasteiger charge is 2.43. The van der Waals surface area contributed by atoms with Crippen molar-refractivity contribution < 1.29 is 4.79 Å². The second kappa shape index (κ2) is 4.38. The maximum Gasteiger partial charge on any atom is 0.251 e. The Kier molecular flexibility index (Phi) is 3.27. The van der Waals surface area contributed by atoms with Crippen molar-refractivity contribution in [1.29, 1.82) is 0 Å². The Balaban J connectivity index is 2.14. The summed E-state index contributed by atoms with van der Waals surface area (Å²) in [4.78, 5) is 12.0. The molecular weight excluding hydrogens is 289 g/mol. The molecule has 16 heavy (non-hydrogen) atoms. The van der Waals surface area contributed by atoms with Crippen molar-refractivity contribution in [2.75, 3.05) is 5.88 Å². The second-order valence-electron chi connectivity index (χ2n) is 4.39. The van der Waals surface area contributed by atoms with Gasteiger partial charge in [0.1, 0.15) is 0 Å². The molecule has 1 amide bonds. The number of rotatable bonds is 3. The summed E-state index contributed by atoms with van der Waals surface area (Å²) < 4.78 is 0.924. The highest BCUT2D eigenvalue weighted by Crippen LogP contribution is 2.36. The van der Waals surface area contributed by atoms with Gasteiger partial charge in [-0.25, -0.2) is 0 Å². The van der Waals surface area contributed by atoms with Crippen molar-refractivity contribution in [3.05, 3.63) is 33.8 Å². The van der Waals surface area contributed by atoms with E-state index in [2.05, 4.69) is 21.2 Å². The topological polar surface area (TPSA) is 29.1 Å². The van der Waals surface area contributed by atoms with Gasteiger partial charge in [-0.1, -0.05) is 15.9 Å². The number of aryl methyl sites for hydroxylation is 1. The van der Waals surface area contributed by atoms with Crippen molar-refractivity contribution in [2.45, 2.75) is 25.3 Å². The van der Waals surface area contributed by atoms with Crippen molar-refractivity contribution >= 4 is 33.4 Å². The van der Waals surface area contributed by atoms with Crippen LogP contribution in [0, 0.1) is 6.92 Å². The predicted octanol–water partition coefficient (Wildman–Crippen LogP) is 3.26. The lowest BCUT2D eigenvalue weighted by molar-refractivity contribution is 0.0936. The third-order valence-electron chi connectivity index (χ3n) is 2.79. The van der Waals surface area contributed by atoms with Gasteiger partial charge in [0.2, 0.25) is 0 Å². The highest BCUT2D eigenvalue weighted by atomic mass is 79.9. The summed E-state index contributed by atoms with van der Waals surface area (Å²) in [6, 6.07) is 5.68. The average Bonchev–Trinajstić information content (AvgIpc) is 2.97. The quantitative estimate of drug-likeness (QED) is 0.853. The van der Waals surface area contributed by atoms with Gasteiger partial charge in [-0.3, -0.25) is 4.79 Å². The molecule has 0 unspecified atom stereocenters. The molecule has 1 N–H and O–H groups in total. The molecule has 2 rings (SSSR count). The molecule has 1 saturated carbocycles. The Morgan fingerprint density at radius 1 is 1.50 bits per heavy atom. The van der Waals surface area contributed by atoms with Gasteiger partial charge in [-0.15, -0.1) is 11.6 Å². The Morgan fingerprint density at radius 2 is 2.19 bits per heavy atom. The minimum absolute atomic E-state index is 0.0393. The van der Waals surface area contributed by atoms with Gasteiger partial charge in [-0.2, -0.15) is 0 Å². The van der Waals surface area contributed by atoms with E-state index in [4.69, 9.17) is 11.6 Å². The molecule has 1 aliphatic rings. The fourth-order valence-corrected chi connectivity index (χ4v) is 2.57. The summed E-state index contributed by atoms with van der Waals surface area (Å²) in [5.41, 5.74) is 1.60. The van der Waals surface area contributed by atoms with Gasteiger partial charge < -0.3 is 5.32 Å². The number of benzene rings is 1. The molecule has 1 aromatic carbocycles. The maximum absolute atomic E-state index is 12.0. The molecule has 1 fully saturated rings. The molecule has 2 nitrogen and oxygen atoms in total. The van der Waals surface area contributed by atoms with E-state index in [-0.39, 0.29) is 11.4 Å². The van der Waals surface area contributed by atoms with Crippen molar-refractivity contribution in [1.82, 2.24) is 5.32 Å². The standard InChI is InChI=1S/C12H13BrClNO/c1-8-4-9(6-10(13)5-8)11(16)15-12(7-14)2-3-12/h4-6H,2-3,7H2,1H3,(H,15,16). The molecule has 0 atom stereocenters. The lowest BCUT2D eigenvalue weighted by atomic mass is 10.1. The van der Waals surface area contributed by atoms with E-state index in [0.29, 0.717) is 11.4 Å². The predicted molar refractivity (Wildman–Crippen MR) is 69.0 cm³/mol. The lowest BCUT2D eigenvalue weighted by Gasteiger charge is -2.14. The normalized spacial score (nSPS) is 16.9. The first-order valence-corrected chi connectivity index (χ1v) is 6.53. The number of hydrogen-bond acceptors (Lipinski definition) is 1. The Bertz CT molecular complexity index is 409.